The summed E-state index contributed by atoms with van der Waals surface area (Å²) < 4.78 is 11.9. The Hall–Kier alpha value is -2.71. The molecule has 0 bridgehead atoms. The van der Waals surface area contributed by atoms with Gasteiger partial charge in [-0.25, -0.2) is 0 Å². The summed E-state index contributed by atoms with van der Waals surface area (Å²) in [5.41, 5.74) is 1.71. The van der Waals surface area contributed by atoms with Crippen LogP contribution in [0.2, 0.25) is 0 Å². The summed E-state index contributed by atoms with van der Waals surface area (Å²) in [4.78, 5) is 19.4. The van der Waals surface area contributed by atoms with E-state index in [1.807, 2.05) is 55.5 Å². The zero-order valence-corrected chi connectivity index (χ0v) is 19.0. The highest BCUT2D eigenvalue weighted by Crippen LogP contribution is 2.23. The van der Waals surface area contributed by atoms with Crippen molar-refractivity contribution in [3.8, 4) is 17.1 Å². The maximum absolute atomic E-state index is 12.6. The summed E-state index contributed by atoms with van der Waals surface area (Å²) in [5.74, 6) is 2.06. The highest BCUT2D eigenvalue weighted by atomic mass is 79.9. The number of likely N-dealkylation sites (tertiary alicyclic amines) is 1. The largest absolute Gasteiger partial charge is 0.494 e. The summed E-state index contributed by atoms with van der Waals surface area (Å²) in [6.45, 7) is 4.80. The molecule has 3 aromatic rings. The van der Waals surface area contributed by atoms with Crippen LogP contribution in [0.1, 0.15) is 25.7 Å². The molecule has 1 saturated heterocycles. The Labute approximate surface area is 189 Å². The second-order valence-electron chi connectivity index (χ2n) is 7.52. The number of nitrogens with one attached hydrogen (secondary N) is 1. The summed E-state index contributed by atoms with van der Waals surface area (Å²) in [7, 11) is 0. The van der Waals surface area contributed by atoms with E-state index in [9.17, 15) is 4.79 Å². The Bertz CT molecular complexity index is 996. The number of hydrogen-bond acceptors (Lipinski definition) is 6. The van der Waals surface area contributed by atoms with E-state index in [-0.39, 0.29) is 11.8 Å². The van der Waals surface area contributed by atoms with Crippen LogP contribution >= 0.6 is 15.9 Å². The molecular formula is C23H25BrN4O3. The summed E-state index contributed by atoms with van der Waals surface area (Å²) in [6, 6.07) is 15.3. The van der Waals surface area contributed by atoms with Gasteiger partial charge in [0.15, 0.2) is 0 Å². The molecule has 0 radical (unpaired) electrons. The van der Waals surface area contributed by atoms with E-state index in [4.69, 9.17) is 9.26 Å². The van der Waals surface area contributed by atoms with Crippen LogP contribution in [0.15, 0.2) is 57.5 Å². The van der Waals surface area contributed by atoms with E-state index in [1.165, 1.54) is 0 Å². The number of carbonyl (C=O) groups excluding carboxylic acids is 1. The number of carbonyl (C=O) groups is 1. The van der Waals surface area contributed by atoms with Gasteiger partial charge in [-0.3, -0.25) is 9.69 Å². The molecule has 2 heterocycles. The SMILES string of the molecule is CCOc1ccc(NC(=O)C2CCN(Cc3nc(-c4ccc(Br)cc4)no3)CC2)cc1. The van der Waals surface area contributed by atoms with Crippen molar-refractivity contribution in [3.05, 3.63) is 58.9 Å². The lowest BCUT2D eigenvalue weighted by atomic mass is 9.96. The number of piperidine rings is 1. The molecule has 0 unspecified atom stereocenters. The van der Waals surface area contributed by atoms with E-state index in [2.05, 4.69) is 36.3 Å². The fraction of sp³-hybridized carbons (Fsp3) is 0.348. The fourth-order valence-electron chi connectivity index (χ4n) is 3.63. The molecule has 1 aliphatic heterocycles. The number of hydrogen-bond donors (Lipinski definition) is 1. The number of amides is 1. The van der Waals surface area contributed by atoms with Gasteiger partial charge in [0.25, 0.3) is 0 Å². The predicted octanol–water partition coefficient (Wildman–Crippen LogP) is 4.75. The van der Waals surface area contributed by atoms with Gasteiger partial charge in [-0.15, -0.1) is 0 Å². The van der Waals surface area contributed by atoms with Crippen LogP contribution in [0.5, 0.6) is 5.75 Å². The third kappa shape index (κ3) is 5.71. The Kier molecular flexibility index (Phi) is 6.99. The lowest BCUT2D eigenvalue weighted by molar-refractivity contribution is -0.121. The smallest absolute Gasteiger partial charge is 0.241 e. The van der Waals surface area contributed by atoms with Gasteiger partial charge >= 0.3 is 0 Å². The Morgan fingerprint density at radius 1 is 1.16 bits per heavy atom. The highest BCUT2D eigenvalue weighted by molar-refractivity contribution is 9.10. The molecule has 0 saturated carbocycles. The first kappa shape index (κ1) is 21.5. The molecule has 2 aromatic carbocycles. The Morgan fingerprint density at radius 2 is 1.87 bits per heavy atom. The molecule has 1 aliphatic rings. The van der Waals surface area contributed by atoms with Gasteiger partial charge in [-0.05, 0) is 81.4 Å². The van der Waals surface area contributed by atoms with E-state index in [0.717, 1.165) is 47.4 Å². The third-order valence-electron chi connectivity index (χ3n) is 5.32. The minimum absolute atomic E-state index is 0.00355. The molecule has 31 heavy (non-hydrogen) atoms. The molecule has 4 rings (SSSR count). The van der Waals surface area contributed by atoms with Gasteiger partial charge in [-0.1, -0.05) is 21.1 Å². The van der Waals surface area contributed by atoms with Crippen LogP contribution in [0.25, 0.3) is 11.4 Å². The fourth-order valence-corrected chi connectivity index (χ4v) is 3.89. The lowest BCUT2D eigenvalue weighted by Crippen LogP contribution is -2.37. The van der Waals surface area contributed by atoms with Crippen molar-refractivity contribution >= 4 is 27.5 Å². The molecular weight excluding hydrogens is 460 g/mol. The maximum atomic E-state index is 12.6. The van der Waals surface area contributed by atoms with E-state index < -0.39 is 0 Å². The van der Waals surface area contributed by atoms with Crippen molar-refractivity contribution in [2.24, 2.45) is 5.92 Å². The zero-order chi connectivity index (χ0) is 21.6. The van der Waals surface area contributed by atoms with Crippen LogP contribution < -0.4 is 10.1 Å². The Morgan fingerprint density at radius 3 is 2.55 bits per heavy atom. The molecule has 1 amide bonds. The van der Waals surface area contributed by atoms with E-state index >= 15 is 0 Å². The average molecular weight is 485 g/mol. The average Bonchev–Trinajstić information content (AvgIpc) is 3.25. The summed E-state index contributed by atoms with van der Waals surface area (Å²) in [5, 5.41) is 7.10. The molecule has 1 fully saturated rings. The maximum Gasteiger partial charge on any atom is 0.241 e. The van der Waals surface area contributed by atoms with Gasteiger partial charge in [0.05, 0.1) is 13.2 Å². The minimum atomic E-state index is 0.00355. The van der Waals surface area contributed by atoms with E-state index in [1.54, 1.807) is 0 Å². The zero-order valence-electron chi connectivity index (χ0n) is 17.4. The normalized spacial score (nSPS) is 15.0. The number of ether oxygens (including phenoxy) is 1. The van der Waals surface area contributed by atoms with Gasteiger partial charge in [0.2, 0.25) is 17.6 Å². The molecule has 7 nitrogen and oxygen atoms in total. The van der Waals surface area contributed by atoms with Crippen molar-refractivity contribution in [2.45, 2.75) is 26.3 Å². The molecule has 0 spiro atoms. The number of anilines is 1. The van der Waals surface area contributed by atoms with E-state index in [0.29, 0.717) is 24.9 Å². The second kappa shape index (κ2) is 10.1. The van der Waals surface area contributed by atoms with Crippen molar-refractivity contribution in [2.75, 3.05) is 25.0 Å². The molecule has 8 heteroatoms. The second-order valence-corrected chi connectivity index (χ2v) is 8.43. The van der Waals surface area contributed by atoms with Crippen LogP contribution in [-0.2, 0) is 11.3 Å². The Balaban J connectivity index is 1.26. The van der Waals surface area contributed by atoms with Crippen molar-refractivity contribution < 1.29 is 14.1 Å². The lowest BCUT2D eigenvalue weighted by Gasteiger charge is -2.30. The molecule has 1 aromatic heterocycles. The van der Waals surface area contributed by atoms with Gasteiger partial charge in [0, 0.05) is 21.6 Å². The number of halogens is 1. The molecule has 0 aliphatic carbocycles. The number of nitrogens with zero attached hydrogens (tertiary/aromatic N) is 3. The number of benzene rings is 2. The first-order valence-electron chi connectivity index (χ1n) is 10.5. The van der Waals surface area contributed by atoms with Crippen molar-refractivity contribution in [1.82, 2.24) is 15.0 Å². The number of aromatic nitrogens is 2. The first-order chi connectivity index (χ1) is 15.1. The predicted molar refractivity (Wildman–Crippen MR) is 122 cm³/mol. The van der Waals surface area contributed by atoms with Gasteiger partial charge in [-0.2, -0.15) is 4.98 Å². The van der Waals surface area contributed by atoms with Gasteiger partial charge in [0.1, 0.15) is 5.75 Å². The summed E-state index contributed by atoms with van der Waals surface area (Å²) >= 11 is 3.43. The van der Waals surface area contributed by atoms with Crippen LogP contribution in [-0.4, -0.2) is 40.6 Å². The van der Waals surface area contributed by atoms with Crippen LogP contribution in [0, 0.1) is 5.92 Å². The quantitative estimate of drug-likeness (QED) is 0.521. The van der Waals surface area contributed by atoms with Crippen molar-refractivity contribution in [1.29, 1.82) is 0 Å². The third-order valence-corrected chi connectivity index (χ3v) is 5.85. The van der Waals surface area contributed by atoms with Crippen molar-refractivity contribution in [3.63, 3.8) is 0 Å². The standard InChI is InChI=1S/C23H25BrN4O3/c1-2-30-20-9-7-19(8-10-20)25-23(29)17-11-13-28(14-12-17)15-21-26-22(27-31-21)16-3-5-18(24)6-4-16/h3-10,17H,2,11-15H2,1H3,(H,25,29). The number of rotatable bonds is 7. The molecule has 1 N–H and O–H groups in total. The topological polar surface area (TPSA) is 80.5 Å². The monoisotopic (exact) mass is 484 g/mol. The molecule has 0 atom stereocenters. The minimum Gasteiger partial charge on any atom is -0.494 e. The highest BCUT2D eigenvalue weighted by Gasteiger charge is 2.26. The summed E-state index contributed by atoms with van der Waals surface area (Å²) in [6.07, 6.45) is 1.60. The van der Waals surface area contributed by atoms with Crippen LogP contribution in [0.4, 0.5) is 5.69 Å². The van der Waals surface area contributed by atoms with Gasteiger partial charge < -0.3 is 14.6 Å². The van der Waals surface area contributed by atoms with Crippen LogP contribution in [0.3, 0.4) is 0 Å². The molecule has 162 valence electrons. The first-order valence-corrected chi connectivity index (χ1v) is 11.2.